The van der Waals surface area contributed by atoms with E-state index in [1.165, 1.54) is 0 Å². The third-order valence-electron chi connectivity index (χ3n) is 1.13. The molecule has 1 rings (SSSR count). The number of thiophene rings is 1. The van der Waals surface area contributed by atoms with Crippen LogP contribution < -0.4 is 0 Å². The van der Waals surface area contributed by atoms with Gasteiger partial charge >= 0.3 is 0 Å². The van der Waals surface area contributed by atoms with Gasteiger partial charge < -0.3 is 0 Å². The number of terminal acetylenes is 1. The molecule has 1 aromatic heterocycles. The van der Waals surface area contributed by atoms with Crippen molar-refractivity contribution in [2.75, 3.05) is 0 Å². The van der Waals surface area contributed by atoms with Gasteiger partial charge in [-0.15, -0.1) is 17.8 Å². The van der Waals surface area contributed by atoms with E-state index >= 15 is 0 Å². The van der Waals surface area contributed by atoms with E-state index in [9.17, 15) is 8.42 Å². The van der Waals surface area contributed by atoms with Crippen molar-refractivity contribution in [3.8, 4) is 11.7 Å². The molecule has 0 saturated carbocycles. The van der Waals surface area contributed by atoms with Crippen LogP contribution in [0.3, 0.4) is 0 Å². The fourth-order valence-electron chi connectivity index (χ4n) is 0.604. The summed E-state index contributed by atoms with van der Waals surface area (Å²) < 4.78 is 22.2. The summed E-state index contributed by atoms with van der Waals surface area (Å²) in [7, 11) is -3.43. The zero-order valence-electron chi connectivity index (χ0n) is 5.87. The predicted molar refractivity (Wildman–Crippen MR) is 45.1 cm³/mol. The quantitative estimate of drug-likeness (QED) is 0.491. The van der Waals surface area contributed by atoms with Gasteiger partial charge in [0.2, 0.25) is 0 Å². The largest absolute Gasteiger partial charge is 0.254 e. The van der Waals surface area contributed by atoms with E-state index < -0.39 is 9.84 Å². The molecule has 0 bridgehead atoms. The van der Waals surface area contributed by atoms with Crippen molar-refractivity contribution in [2.45, 2.75) is 11.1 Å². The third kappa shape index (κ3) is 1.62. The SMILES string of the molecule is C#CS(=O)(=O)c1cc(C)cs1. The van der Waals surface area contributed by atoms with Gasteiger partial charge in [-0.1, -0.05) is 0 Å². The van der Waals surface area contributed by atoms with Gasteiger partial charge in [0.15, 0.2) is 0 Å². The lowest BCUT2D eigenvalue weighted by molar-refractivity contribution is 0.608. The summed E-state index contributed by atoms with van der Waals surface area (Å²) in [4.78, 5) is 0. The van der Waals surface area contributed by atoms with E-state index in [4.69, 9.17) is 6.42 Å². The van der Waals surface area contributed by atoms with Crippen molar-refractivity contribution in [1.82, 2.24) is 0 Å². The van der Waals surface area contributed by atoms with Crippen molar-refractivity contribution >= 4 is 21.2 Å². The van der Waals surface area contributed by atoms with Crippen LogP contribution >= 0.6 is 11.3 Å². The molecule has 11 heavy (non-hydrogen) atoms. The van der Waals surface area contributed by atoms with Gasteiger partial charge in [-0.3, -0.25) is 0 Å². The zero-order chi connectivity index (χ0) is 8.48. The Morgan fingerprint density at radius 1 is 1.64 bits per heavy atom. The second kappa shape index (κ2) is 2.68. The van der Waals surface area contributed by atoms with Crippen molar-refractivity contribution in [1.29, 1.82) is 0 Å². The summed E-state index contributed by atoms with van der Waals surface area (Å²) in [6.07, 6.45) is 4.82. The minimum atomic E-state index is -3.43. The maximum Gasteiger partial charge on any atom is 0.254 e. The van der Waals surface area contributed by atoms with Crippen molar-refractivity contribution < 1.29 is 8.42 Å². The third-order valence-corrected chi connectivity index (χ3v) is 3.87. The summed E-state index contributed by atoms with van der Waals surface area (Å²) in [5.41, 5.74) is 0.920. The Kier molecular flexibility index (Phi) is 2.03. The summed E-state index contributed by atoms with van der Waals surface area (Å²) in [5.74, 6) is 0. The molecular formula is C7H6O2S2. The van der Waals surface area contributed by atoms with Crippen LogP contribution in [-0.2, 0) is 9.84 Å². The van der Waals surface area contributed by atoms with Gasteiger partial charge in [-0.25, -0.2) is 8.42 Å². The molecule has 0 fully saturated rings. The Hall–Kier alpha value is -0.790. The highest BCUT2D eigenvalue weighted by Gasteiger charge is 2.11. The number of hydrogen-bond donors (Lipinski definition) is 0. The number of sulfone groups is 1. The van der Waals surface area contributed by atoms with Crippen molar-refractivity contribution in [3.05, 3.63) is 17.0 Å². The Balaban J connectivity index is 3.26. The number of aryl methyl sites for hydroxylation is 1. The summed E-state index contributed by atoms with van der Waals surface area (Å²) >= 11 is 1.15. The molecule has 0 aliphatic heterocycles. The van der Waals surface area contributed by atoms with Crippen LogP contribution in [0.1, 0.15) is 5.56 Å². The highest BCUT2D eigenvalue weighted by Crippen LogP contribution is 2.19. The summed E-state index contributed by atoms with van der Waals surface area (Å²) in [6.45, 7) is 1.83. The van der Waals surface area contributed by atoms with Gasteiger partial charge in [0.1, 0.15) is 4.21 Å². The molecule has 0 unspecified atom stereocenters. The molecule has 1 aromatic rings. The summed E-state index contributed by atoms with van der Waals surface area (Å²) in [6, 6.07) is 1.57. The zero-order valence-corrected chi connectivity index (χ0v) is 7.50. The lowest BCUT2D eigenvalue weighted by Gasteiger charge is -1.86. The highest BCUT2D eigenvalue weighted by molar-refractivity contribution is 7.97. The molecule has 2 nitrogen and oxygen atoms in total. The van der Waals surface area contributed by atoms with Crippen LogP contribution in [0.5, 0.6) is 0 Å². The molecule has 0 spiro atoms. The van der Waals surface area contributed by atoms with E-state index in [-0.39, 0.29) is 4.21 Å². The van der Waals surface area contributed by atoms with Crippen LogP contribution in [0.4, 0.5) is 0 Å². The maximum absolute atomic E-state index is 11.0. The summed E-state index contributed by atoms with van der Waals surface area (Å²) in [5, 5.41) is 3.51. The van der Waals surface area contributed by atoms with E-state index in [0.29, 0.717) is 0 Å². The fraction of sp³-hybridized carbons (Fsp3) is 0.143. The minimum absolute atomic E-state index is 0.248. The second-order valence-corrected chi connectivity index (χ2v) is 4.92. The molecule has 0 atom stereocenters. The maximum atomic E-state index is 11.0. The van der Waals surface area contributed by atoms with Gasteiger partial charge in [0.25, 0.3) is 9.84 Å². The van der Waals surface area contributed by atoms with Gasteiger partial charge in [-0.2, -0.15) is 0 Å². The Morgan fingerprint density at radius 2 is 2.27 bits per heavy atom. The first-order valence-corrected chi connectivity index (χ1v) is 5.20. The van der Waals surface area contributed by atoms with Crippen LogP contribution in [-0.4, -0.2) is 8.42 Å². The Labute approximate surface area is 69.8 Å². The molecule has 4 heteroatoms. The average Bonchev–Trinajstić information content (AvgIpc) is 2.36. The van der Waals surface area contributed by atoms with Gasteiger partial charge in [-0.05, 0) is 23.9 Å². The first-order chi connectivity index (χ1) is 5.06. The van der Waals surface area contributed by atoms with Crippen LogP contribution in [0.2, 0.25) is 0 Å². The van der Waals surface area contributed by atoms with Crippen LogP contribution in [0.25, 0.3) is 0 Å². The molecule has 0 aromatic carbocycles. The van der Waals surface area contributed by atoms with E-state index in [2.05, 4.69) is 0 Å². The highest BCUT2D eigenvalue weighted by atomic mass is 32.2. The smallest absolute Gasteiger partial charge is 0.209 e. The molecule has 0 aliphatic carbocycles. The lowest BCUT2D eigenvalue weighted by atomic mass is 10.4. The van der Waals surface area contributed by atoms with Crippen LogP contribution in [0, 0.1) is 18.6 Å². The van der Waals surface area contributed by atoms with Gasteiger partial charge in [0, 0.05) is 5.25 Å². The molecule has 0 saturated heterocycles. The normalized spacial score (nSPS) is 10.9. The molecular weight excluding hydrogens is 180 g/mol. The molecule has 58 valence electrons. The first-order valence-electron chi connectivity index (χ1n) is 2.84. The lowest BCUT2D eigenvalue weighted by Crippen LogP contribution is -1.91. The average molecular weight is 186 g/mol. The second-order valence-electron chi connectivity index (χ2n) is 2.06. The Bertz CT molecular complexity index is 392. The van der Waals surface area contributed by atoms with E-state index in [1.807, 2.05) is 6.92 Å². The number of hydrogen-bond acceptors (Lipinski definition) is 3. The molecule has 0 aliphatic rings. The van der Waals surface area contributed by atoms with Crippen molar-refractivity contribution in [2.24, 2.45) is 0 Å². The van der Waals surface area contributed by atoms with Crippen molar-refractivity contribution in [3.63, 3.8) is 0 Å². The van der Waals surface area contributed by atoms with Crippen LogP contribution in [0.15, 0.2) is 15.7 Å². The molecule has 0 N–H and O–H groups in total. The predicted octanol–water partition coefficient (Wildman–Crippen LogP) is 1.42. The Morgan fingerprint density at radius 3 is 2.64 bits per heavy atom. The topological polar surface area (TPSA) is 34.1 Å². The number of rotatable bonds is 1. The monoisotopic (exact) mass is 186 g/mol. The van der Waals surface area contributed by atoms with E-state index in [0.717, 1.165) is 16.9 Å². The fourth-order valence-corrected chi connectivity index (χ4v) is 2.48. The van der Waals surface area contributed by atoms with E-state index in [1.54, 1.807) is 16.7 Å². The molecule has 0 radical (unpaired) electrons. The molecule has 0 amide bonds. The van der Waals surface area contributed by atoms with Gasteiger partial charge in [0.05, 0.1) is 0 Å². The standard InChI is InChI=1S/C7H6O2S2/c1-3-11(8,9)7-4-6(2)5-10-7/h1,4-5H,2H3. The molecule has 1 heterocycles. The minimum Gasteiger partial charge on any atom is -0.209 e. The first kappa shape index (κ1) is 8.31.